The molecular weight excluding hydrogens is 410 g/mol. The van der Waals surface area contributed by atoms with Gasteiger partial charge in [0.25, 0.3) is 0 Å². The Labute approximate surface area is 196 Å². The molecule has 1 aliphatic rings. The number of hydrogen-bond acceptors (Lipinski definition) is 4. The Morgan fingerprint density at radius 3 is 2.45 bits per heavy atom. The summed E-state index contributed by atoms with van der Waals surface area (Å²) in [5.74, 6) is 1.79. The first kappa shape index (κ1) is 22.8. The summed E-state index contributed by atoms with van der Waals surface area (Å²) >= 11 is 0. The number of rotatable bonds is 4. The van der Waals surface area contributed by atoms with Gasteiger partial charge < -0.3 is 15.1 Å². The van der Waals surface area contributed by atoms with Gasteiger partial charge in [-0.1, -0.05) is 42.0 Å². The lowest BCUT2D eigenvalue weighted by molar-refractivity contribution is 0.215. The Hall–Kier alpha value is -3.41. The van der Waals surface area contributed by atoms with Crippen LogP contribution in [0.5, 0.6) is 0 Å². The van der Waals surface area contributed by atoms with Crippen molar-refractivity contribution >= 4 is 17.5 Å². The second kappa shape index (κ2) is 10.0. The Balaban J connectivity index is 1.50. The van der Waals surface area contributed by atoms with Crippen molar-refractivity contribution in [1.29, 1.82) is 0 Å². The topological polar surface area (TPSA) is 61.4 Å². The van der Waals surface area contributed by atoms with Crippen LogP contribution in [0.3, 0.4) is 0 Å². The van der Waals surface area contributed by atoms with E-state index >= 15 is 0 Å². The van der Waals surface area contributed by atoms with Crippen LogP contribution in [0.1, 0.15) is 40.2 Å². The zero-order valence-electron chi connectivity index (χ0n) is 20.1. The molecule has 1 saturated heterocycles. The van der Waals surface area contributed by atoms with Gasteiger partial charge in [-0.3, -0.25) is 0 Å². The summed E-state index contributed by atoms with van der Waals surface area (Å²) in [7, 11) is 0. The average molecular weight is 444 g/mol. The van der Waals surface area contributed by atoms with E-state index in [9.17, 15) is 4.79 Å². The quantitative estimate of drug-likeness (QED) is 0.613. The first-order valence-corrected chi connectivity index (χ1v) is 11.7. The van der Waals surface area contributed by atoms with Crippen molar-refractivity contribution in [2.24, 2.45) is 0 Å². The van der Waals surface area contributed by atoms with Gasteiger partial charge in [-0.2, -0.15) is 0 Å². The van der Waals surface area contributed by atoms with Crippen LogP contribution in [-0.2, 0) is 6.42 Å². The van der Waals surface area contributed by atoms with Gasteiger partial charge in [0.1, 0.15) is 11.6 Å². The minimum Gasteiger partial charge on any atom is -0.354 e. The molecule has 0 unspecified atom stereocenters. The van der Waals surface area contributed by atoms with Gasteiger partial charge in [0.05, 0.1) is 0 Å². The summed E-state index contributed by atoms with van der Waals surface area (Å²) in [5, 5.41) is 3.04. The van der Waals surface area contributed by atoms with Crippen LogP contribution in [0.25, 0.3) is 0 Å². The van der Waals surface area contributed by atoms with E-state index in [4.69, 9.17) is 4.98 Å². The zero-order chi connectivity index (χ0) is 23.4. The second-order valence-electron chi connectivity index (χ2n) is 8.95. The highest BCUT2D eigenvalue weighted by Crippen LogP contribution is 2.25. The number of hydrogen-bond donors (Lipinski definition) is 1. The van der Waals surface area contributed by atoms with Crippen LogP contribution >= 0.6 is 0 Å². The molecule has 172 valence electrons. The van der Waals surface area contributed by atoms with Gasteiger partial charge >= 0.3 is 6.03 Å². The normalized spacial score (nSPS) is 14.2. The summed E-state index contributed by atoms with van der Waals surface area (Å²) in [5.41, 5.74) is 6.67. The highest BCUT2D eigenvalue weighted by Gasteiger charge is 2.23. The molecule has 1 aliphatic heterocycles. The van der Waals surface area contributed by atoms with Crippen molar-refractivity contribution in [1.82, 2.24) is 14.9 Å². The maximum Gasteiger partial charge on any atom is 0.321 e. The van der Waals surface area contributed by atoms with E-state index in [0.29, 0.717) is 6.54 Å². The van der Waals surface area contributed by atoms with Crippen LogP contribution < -0.4 is 10.2 Å². The molecule has 0 bridgehead atoms. The number of carbonyl (C=O) groups is 1. The van der Waals surface area contributed by atoms with Crippen molar-refractivity contribution in [3.05, 3.63) is 82.3 Å². The van der Waals surface area contributed by atoms with Gasteiger partial charge in [-0.15, -0.1) is 0 Å². The Morgan fingerprint density at radius 1 is 0.909 bits per heavy atom. The molecule has 1 N–H and O–H groups in total. The fourth-order valence-electron chi connectivity index (χ4n) is 4.35. The first-order chi connectivity index (χ1) is 15.9. The van der Waals surface area contributed by atoms with Gasteiger partial charge in [-0.05, 0) is 57.4 Å². The van der Waals surface area contributed by atoms with Crippen LogP contribution in [0.4, 0.5) is 16.3 Å². The van der Waals surface area contributed by atoms with Crippen LogP contribution in [-0.4, -0.2) is 47.1 Å². The molecule has 33 heavy (non-hydrogen) atoms. The number of nitrogens with one attached hydrogen (secondary N) is 1. The van der Waals surface area contributed by atoms with E-state index in [1.807, 2.05) is 43.0 Å². The fourth-order valence-corrected chi connectivity index (χ4v) is 4.35. The molecule has 2 amide bonds. The van der Waals surface area contributed by atoms with Crippen molar-refractivity contribution in [2.75, 3.05) is 36.4 Å². The third-order valence-electron chi connectivity index (χ3n) is 6.16. The van der Waals surface area contributed by atoms with Crippen molar-refractivity contribution < 1.29 is 4.79 Å². The van der Waals surface area contributed by atoms with Gasteiger partial charge in [-0.25, -0.2) is 14.8 Å². The summed E-state index contributed by atoms with van der Waals surface area (Å²) in [6.45, 7) is 11.1. The molecule has 1 aromatic heterocycles. The number of urea groups is 1. The number of anilines is 2. The average Bonchev–Trinajstić information content (AvgIpc) is 3.03. The van der Waals surface area contributed by atoms with E-state index < -0.39 is 0 Å². The summed E-state index contributed by atoms with van der Waals surface area (Å²) in [6, 6.07) is 16.5. The van der Waals surface area contributed by atoms with Gasteiger partial charge in [0, 0.05) is 49.5 Å². The molecule has 2 heterocycles. The number of carbonyl (C=O) groups excluding carboxylic acids is 1. The minimum absolute atomic E-state index is 0.0441. The molecule has 6 heteroatoms. The molecular formula is C27H33N5O. The van der Waals surface area contributed by atoms with E-state index in [1.54, 1.807) is 0 Å². The molecule has 6 nitrogen and oxygen atoms in total. The molecule has 0 spiro atoms. The number of benzene rings is 2. The number of amides is 2. The molecule has 0 radical (unpaired) electrons. The fraction of sp³-hybridized carbons (Fsp3) is 0.370. The third kappa shape index (κ3) is 5.69. The number of aryl methyl sites for hydroxylation is 4. The van der Waals surface area contributed by atoms with Crippen LogP contribution in [0.2, 0.25) is 0 Å². The van der Waals surface area contributed by atoms with Crippen molar-refractivity contribution in [3.8, 4) is 0 Å². The van der Waals surface area contributed by atoms with E-state index in [2.05, 4.69) is 53.3 Å². The number of nitrogens with zero attached hydrogens (tertiary/aromatic N) is 4. The lowest BCUT2D eigenvalue weighted by Crippen LogP contribution is -2.38. The largest absolute Gasteiger partial charge is 0.354 e. The third-order valence-corrected chi connectivity index (χ3v) is 6.16. The molecule has 0 atom stereocenters. The van der Waals surface area contributed by atoms with Crippen LogP contribution in [0.15, 0.2) is 48.5 Å². The molecule has 0 aliphatic carbocycles. The predicted molar refractivity (Wildman–Crippen MR) is 134 cm³/mol. The lowest BCUT2D eigenvalue weighted by Gasteiger charge is -2.26. The maximum atomic E-state index is 12.9. The van der Waals surface area contributed by atoms with Crippen molar-refractivity contribution in [3.63, 3.8) is 0 Å². The summed E-state index contributed by atoms with van der Waals surface area (Å²) in [6.07, 6.45) is 1.70. The minimum atomic E-state index is -0.0441. The highest BCUT2D eigenvalue weighted by molar-refractivity contribution is 5.89. The lowest BCUT2D eigenvalue weighted by atomic mass is 10.0. The monoisotopic (exact) mass is 443 g/mol. The smallest absolute Gasteiger partial charge is 0.321 e. The molecule has 4 rings (SSSR count). The van der Waals surface area contributed by atoms with E-state index in [1.165, 1.54) is 16.7 Å². The van der Waals surface area contributed by atoms with E-state index in [-0.39, 0.29) is 6.03 Å². The Morgan fingerprint density at radius 2 is 1.70 bits per heavy atom. The maximum absolute atomic E-state index is 12.9. The predicted octanol–water partition coefficient (Wildman–Crippen LogP) is 5.05. The zero-order valence-corrected chi connectivity index (χ0v) is 20.1. The van der Waals surface area contributed by atoms with E-state index in [0.717, 1.165) is 61.1 Å². The summed E-state index contributed by atoms with van der Waals surface area (Å²) < 4.78 is 0. The highest BCUT2D eigenvalue weighted by atomic mass is 16.2. The molecule has 1 fully saturated rings. The Kier molecular flexibility index (Phi) is 6.92. The SMILES string of the molecule is Cc1ccc(Cc2c(C)nc(C)nc2N2CCCN(C(=O)Nc3cccc(C)c3)CC2)cc1. The second-order valence-corrected chi connectivity index (χ2v) is 8.95. The van der Waals surface area contributed by atoms with Gasteiger partial charge in [0.2, 0.25) is 0 Å². The standard InChI is InChI=1S/C27H33N5O/c1-19-9-11-23(12-10-19)18-25-21(3)28-22(4)29-26(25)31-13-6-14-32(16-15-31)27(33)30-24-8-5-7-20(2)17-24/h5,7-12,17H,6,13-16,18H2,1-4H3,(H,30,33). The molecule has 0 saturated carbocycles. The first-order valence-electron chi connectivity index (χ1n) is 11.7. The van der Waals surface area contributed by atoms with Crippen LogP contribution in [0, 0.1) is 27.7 Å². The number of aromatic nitrogens is 2. The molecule has 3 aromatic rings. The van der Waals surface area contributed by atoms with Gasteiger partial charge in [0.15, 0.2) is 0 Å². The summed E-state index contributed by atoms with van der Waals surface area (Å²) in [4.78, 5) is 26.6. The molecule has 2 aromatic carbocycles. The van der Waals surface area contributed by atoms with Crippen molar-refractivity contribution in [2.45, 2.75) is 40.5 Å². The Bertz CT molecular complexity index is 1130.